The van der Waals surface area contributed by atoms with Gasteiger partial charge < -0.3 is 4.74 Å². The molecular formula is C23H30F2O. The van der Waals surface area contributed by atoms with Gasteiger partial charge in [0.2, 0.25) is 0 Å². The zero-order valence-corrected chi connectivity index (χ0v) is 15.7. The Kier molecular flexibility index (Phi) is 5.33. The molecule has 1 aromatic rings. The van der Waals surface area contributed by atoms with Crippen LogP contribution in [0.3, 0.4) is 0 Å². The van der Waals surface area contributed by atoms with Crippen LogP contribution in [0.25, 0.3) is 0 Å². The van der Waals surface area contributed by atoms with E-state index in [-0.39, 0.29) is 5.92 Å². The number of halogens is 2. The third kappa shape index (κ3) is 3.82. The molecular weight excluding hydrogens is 330 g/mol. The van der Waals surface area contributed by atoms with E-state index in [1.807, 2.05) is 0 Å². The molecule has 2 saturated carbocycles. The predicted molar refractivity (Wildman–Crippen MR) is 100 cm³/mol. The van der Waals surface area contributed by atoms with E-state index in [1.54, 1.807) is 7.11 Å². The average Bonchev–Trinajstić information content (AvgIpc) is 2.66. The van der Waals surface area contributed by atoms with Crippen LogP contribution in [0.4, 0.5) is 8.78 Å². The number of fused-ring (bicyclic) bond motifs is 2. The monoisotopic (exact) mass is 360 g/mol. The molecule has 0 aliphatic heterocycles. The second kappa shape index (κ2) is 7.70. The van der Waals surface area contributed by atoms with Crippen molar-refractivity contribution in [3.05, 3.63) is 41.5 Å². The first-order chi connectivity index (χ1) is 12.6. The normalized spacial score (nSPS) is 33.7. The number of methoxy groups -OCH3 is 1. The van der Waals surface area contributed by atoms with Crippen molar-refractivity contribution in [1.82, 2.24) is 0 Å². The van der Waals surface area contributed by atoms with E-state index in [0.717, 1.165) is 42.8 Å². The quantitative estimate of drug-likeness (QED) is 0.605. The molecule has 142 valence electrons. The van der Waals surface area contributed by atoms with E-state index >= 15 is 0 Å². The fourth-order valence-corrected chi connectivity index (χ4v) is 6.01. The lowest BCUT2D eigenvalue weighted by atomic mass is 9.61. The molecule has 3 aliphatic carbocycles. The minimum atomic E-state index is -1.49. The first kappa shape index (κ1) is 18.0. The van der Waals surface area contributed by atoms with Crippen LogP contribution < -0.4 is 4.74 Å². The molecule has 5 atom stereocenters. The topological polar surface area (TPSA) is 9.23 Å². The van der Waals surface area contributed by atoms with Crippen LogP contribution in [-0.2, 0) is 12.8 Å². The number of aryl methyl sites for hydroxylation is 1. The highest BCUT2D eigenvalue weighted by Gasteiger charge is 2.38. The molecule has 3 aliphatic rings. The van der Waals surface area contributed by atoms with Gasteiger partial charge in [0.1, 0.15) is 5.75 Å². The number of benzene rings is 1. The number of rotatable bonds is 3. The van der Waals surface area contributed by atoms with Gasteiger partial charge in [-0.25, -0.2) is 0 Å². The number of allylic oxidation sites excluding steroid dienone is 1. The number of ether oxygens (including phenoxy) is 1. The second-order valence-corrected chi connectivity index (χ2v) is 8.76. The standard InChI is InChI=1S/C23H30F2O/c1-26-22-9-8-20-13-19(6-7-21(20)14-22)18-5-4-16-10-15(11-23(24)25)2-3-17(16)12-18/h8-9,11,14-19H,2-7,10,12-13H2,1H3/t15-,16?,17-,18?,19?/m1/s1. The fraction of sp³-hybridized carbons (Fsp3) is 0.652. The molecule has 1 nitrogen and oxygen atoms in total. The summed E-state index contributed by atoms with van der Waals surface area (Å²) in [6, 6.07) is 6.56. The van der Waals surface area contributed by atoms with Crippen LogP contribution in [0.5, 0.6) is 5.75 Å². The highest BCUT2D eigenvalue weighted by atomic mass is 19.3. The molecule has 0 saturated heterocycles. The minimum Gasteiger partial charge on any atom is -0.497 e. The Labute approximate surface area is 155 Å². The Bertz CT molecular complexity index is 664. The minimum absolute atomic E-state index is 0.120. The largest absolute Gasteiger partial charge is 0.497 e. The Balaban J connectivity index is 1.37. The van der Waals surface area contributed by atoms with Crippen LogP contribution in [0.15, 0.2) is 30.4 Å². The number of hydrogen-bond donors (Lipinski definition) is 0. The molecule has 2 fully saturated rings. The maximum absolute atomic E-state index is 12.6. The Morgan fingerprint density at radius 3 is 2.42 bits per heavy atom. The zero-order chi connectivity index (χ0) is 18.1. The van der Waals surface area contributed by atoms with Gasteiger partial charge in [-0.05, 0) is 117 Å². The molecule has 0 heterocycles. The van der Waals surface area contributed by atoms with Gasteiger partial charge in [-0.15, -0.1) is 0 Å². The summed E-state index contributed by atoms with van der Waals surface area (Å²) in [6.07, 6.45) is 10.4. The van der Waals surface area contributed by atoms with Crippen molar-refractivity contribution in [2.24, 2.45) is 29.6 Å². The molecule has 4 rings (SSSR count). The van der Waals surface area contributed by atoms with Crippen LogP contribution in [0.1, 0.15) is 56.1 Å². The van der Waals surface area contributed by atoms with E-state index in [0.29, 0.717) is 5.92 Å². The van der Waals surface area contributed by atoms with Gasteiger partial charge in [0.15, 0.2) is 0 Å². The van der Waals surface area contributed by atoms with Gasteiger partial charge in [0, 0.05) is 0 Å². The van der Waals surface area contributed by atoms with Gasteiger partial charge in [-0.1, -0.05) is 6.07 Å². The third-order valence-corrected chi connectivity index (χ3v) is 7.40. The fourth-order valence-electron chi connectivity index (χ4n) is 6.01. The third-order valence-electron chi connectivity index (χ3n) is 7.40. The van der Waals surface area contributed by atoms with Crippen molar-refractivity contribution in [3.63, 3.8) is 0 Å². The van der Waals surface area contributed by atoms with E-state index in [2.05, 4.69) is 18.2 Å². The van der Waals surface area contributed by atoms with Crippen molar-refractivity contribution in [2.75, 3.05) is 7.11 Å². The molecule has 0 radical (unpaired) electrons. The van der Waals surface area contributed by atoms with E-state index < -0.39 is 6.08 Å². The Morgan fingerprint density at radius 1 is 0.923 bits per heavy atom. The molecule has 0 spiro atoms. The molecule has 0 N–H and O–H groups in total. The molecule has 26 heavy (non-hydrogen) atoms. The summed E-state index contributed by atoms with van der Waals surface area (Å²) in [7, 11) is 1.73. The van der Waals surface area contributed by atoms with Crippen molar-refractivity contribution in [3.8, 4) is 5.75 Å². The summed E-state index contributed by atoms with van der Waals surface area (Å²) >= 11 is 0. The first-order valence-electron chi connectivity index (χ1n) is 10.3. The van der Waals surface area contributed by atoms with Gasteiger partial charge in [-0.2, -0.15) is 8.78 Å². The highest BCUT2D eigenvalue weighted by molar-refractivity contribution is 5.37. The van der Waals surface area contributed by atoms with Crippen molar-refractivity contribution in [1.29, 1.82) is 0 Å². The lowest BCUT2D eigenvalue weighted by molar-refractivity contribution is 0.0802. The first-order valence-corrected chi connectivity index (χ1v) is 10.3. The van der Waals surface area contributed by atoms with Crippen LogP contribution in [-0.4, -0.2) is 7.11 Å². The average molecular weight is 360 g/mol. The summed E-state index contributed by atoms with van der Waals surface area (Å²) in [4.78, 5) is 0. The van der Waals surface area contributed by atoms with E-state index in [4.69, 9.17) is 4.74 Å². The molecule has 3 heteroatoms. The second-order valence-electron chi connectivity index (χ2n) is 8.76. The van der Waals surface area contributed by atoms with Crippen LogP contribution in [0, 0.1) is 29.6 Å². The Hall–Kier alpha value is -1.38. The van der Waals surface area contributed by atoms with Gasteiger partial charge in [0.25, 0.3) is 6.08 Å². The molecule has 0 aromatic heterocycles. The lowest BCUT2D eigenvalue weighted by Crippen LogP contribution is -2.34. The summed E-state index contributed by atoms with van der Waals surface area (Å²) < 4.78 is 30.5. The van der Waals surface area contributed by atoms with Crippen molar-refractivity contribution >= 4 is 0 Å². The van der Waals surface area contributed by atoms with Gasteiger partial charge in [0.05, 0.1) is 7.11 Å². The lowest BCUT2D eigenvalue weighted by Gasteiger charge is -2.44. The maximum Gasteiger partial charge on any atom is 0.266 e. The number of hydrogen-bond acceptors (Lipinski definition) is 1. The van der Waals surface area contributed by atoms with Crippen LogP contribution >= 0.6 is 0 Å². The van der Waals surface area contributed by atoms with Gasteiger partial charge >= 0.3 is 0 Å². The van der Waals surface area contributed by atoms with Gasteiger partial charge in [-0.3, -0.25) is 0 Å². The highest BCUT2D eigenvalue weighted by Crippen LogP contribution is 2.48. The van der Waals surface area contributed by atoms with E-state index in [1.165, 1.54) is 55.7 Å². The Morgan fingerprint density at radius 2 is 1.65 bits per heavy atom. The summed E-state index contributed by atoms with van der Waals surface area (Å²) in [5.74, 6) is 4.18. The molecule has 3 unspecified atom stereocenters. The summed E-state index contributed by atoms with van der Waals surface area (Å²) in [5, 5.41) is 0. The summed E-state index contributed by atoms with van der Waals surface area (Å²) in [6.45, 7) is 0. The molecule has 1 aromatic carbocycles. The summed E-state index contributed by atoms with van der Waals surface area (Å²) in [5.41, 5.74) is 2.98. The van der Waals surface area contributed by atoms with Crippen molar-refractivity contribution in [2.45, 2.75) is 57.8 Å². The molecule has 0 amide bonds. The van der Waals surface area contributed by atoms with Crippen molar-refractivity contribution < 1.29 is 13.5 Å². The predicted octanol–water partition coefficient (Wildman–Crippen LogP) is 6.41. The van der Waals surface area contributed by atoms with E-state index in [9.17, 15) is 8.78 Å². The van der Waals surface area contributed by atoms with Crippen LogP contribution in [0.2, 0.25) is 0 Å². The molecule has 0 bridgehead atoms. The SMILES string of the molecule is COc1ccc2c(c1)CCC(C1CCC3C[C@H](C=C(F)F)CC[C@@H]3C1)C2. The maximum atomic E-state index is 12.6. The smallest absolute Gasteiger partial charge is 0.266 e. The zero-order valence-electron chi connectivity index (χ0n) is 15.7.